The van der Waals surface area contributed by atoms with Gasteiger partial charge < -0.3 is 15.0 Å². The Bertz CT molecular complexity index is 1170. The van der Waals surface area contributed by atoms with Gasteiger partial charge in [0.25, 0.3) is 0 Å². The molecule has 0 aliphatic carbocycles. The molecule has 3 heterocycles. The number of Topliss-reactive ketones (excluding diaryl/α,β-unsaturated/α-hetero) is 1. The zero-order valence-corrected chi connectivity index (χ0v) is 18.5. The van der Waals surface area contributed by atoms with Crippen molar-refractivity contribution in [3.8, 4) is 0 Å². The second-order valence-electron chi connectivity index (χ2n) is 7.22. The van der Waals surface area contributed by atoms with Gasteiger partial charge in [0.15, 0.2) is 17.4 Å². The van der Waals surface area contributed by atoms with E-state index >= 15 is 0 Å². The predicted molar refractivity (Wildman–Crippen MR) is 125 cm³/mol. The van der Waals surface area contributed by atoms with Crippen molar-refractivity contribution in [1.82, 2.24) is 15.0 Å². The number of morpholine rings is 1. The zero-order valence-electron chi connectivity index (χ0n) is 17.8. The van der Waals surface area contributed by atoms with Crippen LogP contribution in [0.4, 0.5) is 27.5 Å². The van der Waals surface area contributed by atoms with Gasteiger partial charge >= 0.3 is 0 Å². The van der Waals surface area contributed by atoms with Gasteiger partial charge in [0.05, 0.1) is 43.2 Å². The number of ether oxygens (including phenoxy) is 1. The Morgan fingerprint density at radius 1 is 1.18 bits per heavy atom. The van der Waals surface area contributed by atoms with Crippen molar-refractivity contribution >= 4 is 46.7 Å². The van der Waals surface area contributed by atoms with Gasteiger partial charge in [-0.25, -0.2) is 14.8 Å². The van der Waals surface area contributed by atoms with E-state index in [1.165, 1.54) is 13.1 Å². The monoisotopic (exact) mass is 469 g/mol. The molecule has 0 unspecified atom stereocenters. The molecule has 4 rings (SSSR count). The molecule has 0 bridgehead atoms. The first kappa shape index (κ1) is 22.6. The number of hydrogen-bond acceptors (Lipinski definition) is 9. The maximum Gasteiger partial charge on any atom is 0.245 e. The van der Waals surface area contributed by atoms with Crippen LogP contribution in [-0.4, -0.2) is 53.3 Å². The number of hydrogen-bond donors (Lipinski definition) is 2. The lowest BCUT2D eigenvalue weighted by atomic mass is 10.1. The first-order valence-corrected chi connectivity index (χ1v) is 10.5. The molecular formula is C22H21ClFN7O2. The summed E-state index contributed by atoms with van der Waals surface area (Å²) >= 11 is 6.08. The summed E-state index contributed by atoms with van der Waals surface area (Å²) < 4.78 is 19.4. The van der Waals surface area contributed by atoms with Crippen molar-refractivity contribution in [1.29, 1.82) is 0 Å². The molecule has 0 saturated carbocycles. The average molecular weight is 470 g/mol. The maximum absolute atomic E-state index is 14.1. The Balaban J connectivity index is 1.38. The van der Waals surface area contributed by atoms with E-state index in [4.69, 9.17) is 16.3 Å². The van der Waals surface area contributed by atoms with Gasteiger partial charge in [-0.1, -0.05) is 11.6 Å². The second-order valence-corrected chi connectivity index (χ2v) is 7.65. The van der Waals surface area contributed by atoms with Crippen LogP contribution in [0.1, 0.15) is 23.0 Å². The number of benzene rings is 1. The summed E-state index contributed by atoms with van der Waals surface area (Å²) in [6, 6.07) is 8.64. The van der Waals surface area contributed by atoms with E-state index < -0.39 is 5.82 Å². The molecule has 0 spiro atoms. The highest BCUT2D eigenvalue weighted by Gasteiger charge is 2.17. The quantitative estimate of drug-likeness (QED) is 0.305. The number of pyridine rings is 1. The van der Waals surface area contributed by atoms with Gasteiger partial charge in [-0.05, 0) is 37.3 Å². The van der Waals surface area contributed by atoms with E-state index in [1.54, 1.807) is 30.5 Å². The minimum absolute atomic E-state index is 0.0695. The van der Waals surface area contributed by atoms with Crippen molar-refractivity contribution in [2.45, 2.75) is 6.92 Å². The van der Waals surface area contributed by atoms with Crippen molar-refractivity contribution in [2.24, 2.45) is 5.10 Å². The maximum atomic E-state index is 14.1. The molecule has 9 nitrogen and oxygen atoms in total. The molecule has 0 radical (unpaired) electrons. The molecule has 1 fully saturated rings. The van der Waals surface area contributed by atoms with Crippen LogP contribution in [0.3, 0.4) is 0 Å². The van der Waals surface area contributed by atoms with Gasteiger partial charge in [0.2, 0.25) is 5.95 Å². The number of nitrogens with zero attached hydrogens (tertiary/aromatic N) is 5. The Hall–Kier alpha value is -3.63. The molecule has 33 heavy (non-hydrogen) atoms. The smallest absolute Gasteiger partial charge is 0.245 e. The Labute approximate surface area is 194 Å². The number of nitrogens with one attached hydrogen (secondary N) is 2. The van der Waals surface area contributed by atoms with E-state index in [2.05, 4.69) is 30.8 Å². The number of halogens is 2. The summed E-state index contributed by atoms with van der Waals surface area (Å²) in [7, 11) is 0. The van der Waals surface area contributed by atoms with Gasteiger partial charge in [-0.3, -0.25) is 9.78 Å². The van der Waals surface area contributed by atoms with Crippen LogP contribution in [0.25, 0.3) is 0 Å². The highest BCUT2D eigenvalue weighted by molar-refractivity contribution is 6.31. The molecule has 1 aliphatic rings. The molecule has 1 saturated heterocycles. The van der Waals surface area contributed by atoms with Crippen LogP contribution in [0.5, 0.6) is 0 Å². The van der Waals surface area contributed by atoms with Crippen LogP contribution in [0.2, 0.25) is 5.02 Å². The minimum atomic E-state index is -0.494. The largest absolute Gasteiger partial charge is 0.378 e. The molecule has 2 N–H and O–H groups in total. The van der Waals surface area contributed by atoms with Gasteiger partial charge in [-0.2, -0.15) is 10.1 Å². The molecule has 0 amide bonds. The van der Waals surface area contributed by atoms with E-state index in [0.29, 0.717) is 54.0 Å². The molecule has 1 aliphatic heterocycles. The van der Waals surface area contributed by atoms with E-state index in [9.17, 15) is 9.18 Å². The summed E-state index contributed by atoms with van der Waals surface area (Å²) in [6.07, 6.45) is 4.24. The van der Waals surface area contributed by atoms with Gasteiger partial charge in [-0.15, -0.1) is 0 Å². The first-order chi connectivity index (χ1) is 16.0. The molecule has 170 valence electrons. The third-order valence-corrected chi connectivity index (χ3v) is 5.00. The molecule has 1 aromatic carbocycles. The molecule has 11 heteroatoms. The number of carbonyl (C=O) groups is 1. The van der Waals surface area contributed by atoms with Crippen LogP contribution in [0, 0.1) is 5.82 Å². The highest BCUT2D eigenvalue weighted by atomic mass is 35.5. The van der Waals surface area contributed by atoms with Gasteiger partial charge in [0, 0.05) is 29.4 Å². The minimum Gasteiger partial charge on any atom is -0.378 e. The Morgan fingerprint density at radius 3 is 2.73 bits per heavy atom. The Morgan fingerprint density at radius 2 is 2.00 bits per heavy atom. The van der Waals surface area contributed by atoms with Crippen molar-refractivity contribution < 1.29 is 13.9 Å². The average Bonchev–Trinajstić information content (AvgIpc) is 2.81. The lowest BCUT2D eigenvalue weighted by Gasteiger charge is -2.27. The number of anilines is 4. The number of aromatic nitrogens is 3. The summed E-state index contributed by atoms with van der Waals surface area (Å²) in [5, 5.41) is 7.71. The number of ketones is 1. The summed E-state index contributed by atoms with van der Waals surface area (Å²) in [5.41, 5.74) is 5.20. The molecule has 0 atom stereocenters. The van der Waals surface area contributed by atoms with Crippen LogP contribution in [0.15, 0.2) is 47.8 Å². The number of carbonyl (C=O) groups excluding carboxylic acids is 1. The van der Waals surface area contributed by atoms with Gasteiger partial charge in [0.1, 0.15) is 0 Å². The SMILES string of the molecule is CC(=O)c1cc(Cl)cc(Nc2ccc(/C=N/Nc3ncc(F)c(N4CCOCC4)n3)nc2)c1. The normalized spacial score (nSPS) is 13.8. The predicted octanol–water partition coefficient (Wildman–Crippen LogP) is 3.89. The fourth-order valence-electron chi connectivity index (χ4n) is 3.15. The fraction of sp³-hybridized carbons (Fsp3) is 0.227. The van der Waals surface area contributed by atoms with Crippen LogP contribution < -0.4 is 15.6 Å². The number of hydrazone groups is 1. The van der Waals surface area contributed by atoms with Crippen molar-refractivity contribution in [3.63, 3.8) is 0 Å². The Kier molecular flexibility index (Phi) is 7.06. The standard InChI is InChI=1S/C22H21ClFN7O2/c1-14(32)15-8-16(23)10-19(9-15)28-18-3-2-17(25-11-18)12-27-30-22-26-13-20(24)21(29-22)31-4-6-33-7-5-31/h2-3,8-13,28H,4-7H2,1H3,(H,26,29,30)/b27-12+. The van der Waals surface area contributed by atoms with E-state index in [-0.39, 0.29) is 17.5 Å². The second kappa shape index (κ2) is 10.3. The summed E-state index contributed by atoms with van der Waals surface area (Å²) in [5.74, 6) is -0.172. The first-order valence-electron chi connectivity index (χ1n) is 10.2. The molecular weight excluding hydrogens is 449 g/mol. The zero-order chi connectivity index (χ0) is 23.2. The van der Waals surface area contributed by atoms with E-state index in [1.807, 2.05) is 11.0 Å². The van der Waals surface area contributed by atoms with Crippen LogP contribution >= 0.6 is 11.6 Å². The fourth-order valence-corrected chi connectivity index (χ4v) is 3.39. The molecule has 2 aromatic heterocycles. The topological polar surface area (TPSA) is 105 Å². The van der Waals surface area contributed by atoms with Crippen LogP contribution in [-0.2, 0) is 4.74 Å². The summed E-state index contributed by atoms with van der Waals surface area (Å²) in [4.78, 5) is 25.9. The third kappa shape index (κ3) is 5.99. The van der Waals surface area contributed by atoms with Crippen molar-refractivity contribution in [2.75, 3.05) is 41.9 Å². The highest BCUT2D eigenvalue weighted by Crippen LogP contribution is 2.23. The lowest BCUT2D eigenvalue weighted by molar-refractivity contribution is 0.101. The summed E-state index contributed by atoms with van der Waals surface area (Å²) in [6.45, 7) is 3.66. The van der Waals surface area contributed by atoms with Crippen molar-refractivity contribution in [3.05, 3.63) is 64.8 Å². The van der Waals surface area contributed by atoms with E-state index in [0.717, 1.165) is 6.20 Å². The molecule has 3 aromatic rings. The third-order valence-electron chi connectivity index (χ3n) is 4.78. The lowest BCUT2D eigenvalue weighted by Crippen LogP contribution is -2.37. The number of rotatable bonds is 7.